The van der Waals surface area contributed by atoms with Crippen molar-refractivity contribution < 1.29 is 15.0 Å². The van der Waals surface area contributed by atoms with E-state index in [0.29, 0.717) is 5.69 Å². The van der Waals surface area contributed by atoms with E-state index in [4.69, 9.17) is 5.11 Å². The molecule has 2 rings (SSSR count). The van der Waals surface area contributed by atoms with Crippen molar-refractivity contribution in [1.29, 1.82) is 0 Å². The maximum Gasteiger partial charge on any atom is 0.339 e. The van der Waals surface area contributed by atoms with Crippen LogP contribution in [0, 0.1) is 0 Å². The molecule has 2 aromatic carbocycles. The molecule has 0 bridgehead atoms. The first kappa shape index (κ1) is 11.0. The third-order valence-electron chi connectivity index (χ3n) is 2.29. The van der Waals surface area contributed by atoms with Crippen molar-refractivity contribution >= 4 is 17.3 Å². The Labute approximate surface area is 98.2 Å². The van der Waals surface area contributed by atoms with E-state index in [1.807, 2.05) is 30.3 Å². The molecule has 0 amide bonds. The molecule has 0 fully saturated rings. The Kier molecular flexibility index (Phi) is 2.96. The number of carbonyl (C=O) groups is 1. The number of carboxylic acid groups (broad SMARTS) is 1. The first-order chi connectivity index (χ1) is 8.16. The van der Waals surface area contributed by atoms with E-state index in [-0.39, 0.29) is 11.3 Å². The number of benzene rings is 2. The van der Waals surface area contributed by atoms with Crippen molar-refractivity contribution in [3.8, 4) is 5.75 Å². The number of para-hydroxylation sites is 1. The number of aromatic carboxylic acids is 1. The molecule has 4 heteroatoms. The zero-order valence-corrected chi connectivity index (χ0v) is 8.92. The first-order valence-corrected chi connectivity index (χ1v) is 5.05. The van der Waals surface area contributed by atoms with E-state index in [1.165, 1.54) is 12.1 Å². The van der Waals surface area contributed by atoms with E-state index in [0.717, 1.165) is 5.69 Å². The predicted molar refractivity (Wildman–Crippen MR) is 64.8 cm³/mol. The summed E-state index contributed by atoms with van der Waals surface area (Å²) in [5.74, 6) is -1.39. The third kappa shape index (κ3) is 2.55. The Morgan fingerprint density at radius 3 is 2.35 bits per heavy atom. The molecule has 4 nitrogen and oxygen atoms in total. The highest BCUT2D eigenvalue weighted by Gasteiger charge is 2.09. The fourth-order valence-corrected chi connectivity index (χ4v) is 1.47. The molecule has 0 aliphatic rings. The summed E-state index contributed by atoms with van der Waals surface area (Å²) < 4.78 is 0. The highest BCUT2D eigenvalue weighted by Crippen LogP contribution is 2.23. The Bertz CT molecular complexity index is 538. The van der Waals surface area contributed by atoms with Crippen LogP contribution in [0.25, 0.3) is 0 Å². The molecule has 0 spiro atoms. The summed E-state index contributed by atoms with van der Waals surface area (Å²) in [6, 6.07) is 13.8. The number of nitrogens with one attached hydrogen (secondary N) is 1. The van der Waals surface area contributed by atoms with Gasteiger partial charge in [0, 0.05) is 11.4 Å². The van der Waals surface area contributed by atoms with Crippen LogP contribution in [0.3, 0.4) is 0 Å². The molecule has 0 saturated carbocycles. The van der Waals surface area contributed by atoms with Gasteiger partial charge in [-0.25, -0.2) is 4.79 Å². The third-order valence-corrected chi connectivity index (χ3v) is 2.29. The van der Waals surface area contributed by atoms with Crippen LogP contribution in [0.1, 0.15) is 10.4 Å². The van der Waals surface area contributed by atoms with Gasteiger partial charge in [-0.05, 0) is 30.3 Å². The van der Waals surface area contributed by atoms with Gasteiger partial charge in [0.2, 0.25) is 0 Å². The maximum absolute atomic E-state index is 10.8. The summed E-state index contributed by atoms with van der Waals surface area (Å²) in [6.07, 6.45) is 0. The molecular weight excluding hydrogens is 218 g/mol. The molecule has 0 saturated heterocycles. The molecule has 0 aromatic heterocycles. The second kappa shape index (κ2) is 4.57. The number of anilines is 2. The van der Waals surface area contributed by atoms with Crippen molar-refractivity contribution in [1.82, 2.24) is 0 Å². The quantitative estimate of drug-likeness (QED) is 0.708. The standard InChI is InChI=1S/C13H11NO3/c15-12-7-6-10(8-11(12)13(16)17)14-9-4-2-1-3-5-9/h1-8,14-15H,(H,16,17). The van der Waals surface area contributed by atoms with Gasteiger partial charge in [-0.2, -0.15) is 0 Å². The van der Waals surface area contributed by atoms with Crippen molar-refractivity contribution in [2.75, 3.05) is 5.32 Å². The Morgan fingerprint density at radius 2 is 1.71 bits per heavy atom. The Morgan fingerprint density at radius 1 is 1.00 bits per heavy atom. The number of hydrogen-bond donors (Lipinski definition) is 3. The summed E-state index contributed by atoms with van der Waals surface area (Å²) in [6.45, 7) is 0. The Hall–Kier alpha value is -2.49. The van der Waals surface area contributed by atoms with Crippen LogP contribution in [-0.4, -0.2) is 16.2 Å². The molecule has 0 atom stereocenters. The van der Waals surface area contributed by atoms with Crippen LogP contribution in [0.15, 0.2) is 48.5 Å². The van der Waals surface area contributed by atoms with Crippen LogP contribution < -0.4 is 5.32 Å². The van der Waals surface area contributed by atoms with E-state index in [2.05, 4.69) is 5.32 Å². The number of hydrogen-bond acceptors (Lipinski definition) is 3. The van der Waals surface area contributed by atoms with Crippen LogP contribution >= 0.6 is 0 Å². The summed E-state index contributed by atoms with van der Waals surface area (Å²) in [5.41, 5.74) is 1.35. The highest BCUT2D eigenvalue weighted by atomic mass is 16.4. The monoisotopic (exact) mass is 229 g/mol. The Balaban J connectivity index is 2.29. The van der Waals surface area contributed by atoms with Gasteiger partial charge in [0.25, 0.3) is 0 Å². The normalized spacial score (nSPS) is 9.88. The average molecular weight is 229 g/mol. The minimum Gasteiger partial charge on any atom is -0.507 e. The second-order valence-electron chi connectivity index (χ2n) is 3.53. The summed E-state index contributed by atoms with van der Waals surface area (Å²) in [4.78, 5) is 10.8. The topological polar surface area (TPSA) is 69.6 Å². The number of carboxylic acids is 1. The van der Waals surface area contributed by atoms with Crippen LogP contribution in [0.4, 0.5) is 11.4 Å². The van der Waals surface area contributed by atoms with Crippen LogP contribution in [-0.2, 0) is 0 Å². The lowest BCUT2D eigenvalue weighted by atomic mass is 10.1. The number of aromatic hydroxyl groups is 1. The average Bonchev–Trinajstić information content (AvgIpc) is 2.32. The van der Waals surface area contributed by atoms with Crippen molar-refractivity contribution in [2.45, 2.75) is 0 Å². The highest BCUT2D eigenvalue weighted by molar-refractivity contribution is 5.92. The molecule has 0 heterocycles. The molecular formula is C13H11NO3. The van der Waals surface area contributed by atoms with Gasteiger partial charge in [-0.15, -0.1) is 0 Å². The van der Waals surface area contributed by atoms with Crippen molar-refractivity contribution in [3.63, 3.8) is 0 Å². The zero-order chi connectivity index (χ0) is 12.3. The van der Waals surface area contributed by atoms with Crippen LogP contribution in [0.2, 0.25) is 0 Å². The second-order valence-corrected chi connectivity index (χ2v) is 3.53. The largest absolute Gasteiger partial charge is 0.507 e. The fraction of sp³-hybridized carbons (Fsp3) is 0. The van der Waals surface area contributed by atoms with Crippen molar-refractivity contribution in [2.24, 2.45) is 0 Å². The van der Waals surface area contributed by atoms with Gasteiger partial charge >= 0.3 is 5.97 Å². The van der Waals surface area contributed by atoms with Gasteiger partial charge in [-0.1, -0.05) is 18.2 Å². The molecule has 0 unspecified atom stereocenters. The minimum absolute atomic E-state index is 0.120. The smallest absolute Gasteiger partial charge is 0.339 e. The molecule has 0 aliphatic carbocycles. The van der Waals surface area contributed by atoms with Gasteiger partial charge < -0.3 is 15.5 Å². The maximum atomic E-state index is 10.8. The molecule has 2 aromatic rings. The summed E-state index contributed by atoms with van der Waals surface area (Å²) in [5, 5.41) is 21.3. The SMILES string of the molecule is O=C(O)c1cc(Nc2ccccc2)ccc1O. The summed E-state index contributed by atoms with van der Waals surface area (Å²) >= 11 is 0. The number of rotatable bonds is 3. The predicted octanol–water partition coefficient (Wildman–Crippen LogP) is 2.83. The van der Waals surface area contributed by atoms with E-state index in [9.17, 15) is 9.90 Å². The van der Waals surface area contributed by atoms with Gasteiger partial charge in [0.05, 0.1) is 0 Å². The molecule has 0 aliphatic heterocycles. The fourth-order valence-electron chi connectivity index (χ4n) is 1.47. The van der Waals surface area contributed by atoms with E-state index >= 15 is 0 Å². The molecule has 0 radical (unpaired) electrons. The van der Waals surface area contributed by atoms with E-state index < -0.39 is 5.97 Å². The van der Waals surface area contributed by atoms with Crippen LogP contribution in [0.5, 0.6) is 5.75 Å². The lowest BCUT2D eigenvalue weighted by Crippen LogP contribution is -1.98. The molecule has 17 heavy (non-hydrogen) atoms. The zero-order valence-electron chi connectivity index (χ0n) is 8.92. The first-order valence-electron chi connectivity index (χ1n) is 5.05. The minimum atomic E-state index is -1.15. The number of phenols is 1. The molecule has 86 valence electrons. The lowest BCUT2D eigenvalue weighted by Gasteiger charge is -2.07. The summed E-state index contributed by atoms with van der Waals surface area (Å²) in [7, 11) is 0. The van der Waals surface area contributed by atoms with Crippen molar-refractivity contribution in [3.05, 3.63) is 54.1 Å². The lowest BCUT2D eigenvalue weighted by molar-refractivity contribution is 0.0694. The van der Waals surface area contributed by atoms with Gasteiger partial charge in [-0.3, -0.25) is 0 Å². The van der Waals surface area contributed by atoms with Gasteiger partial charge in [0.1, 0.15) is 11.3 Å². The van der Waals surface area contributed by atoms with Gasteiger partial charge in [0.15, 0.2) is 0 Å². The van der Waals surface area contributed by atoms with E-state index in [1.54, 1.807) is 6.07 Å². The molecule has 3 N–H and O–H groups in total.